The molecule has 2 rings (SSSR count). The summed E-state index contributed by atoms with van der Waals surface area (Å²) in [4.78, 5) is 14.2. The van der Waals surface area contributed by atoms with E-state index in [0.29, 0.717) is 18.3 Å². The molecule has 1 aromatic rings. The number of nitrogens with one attached hydrogen (secondary N) is 1. The predicted molar refractivity (Wildman–Crippen MR) is 62.7 cm³/mol. The zero-order valence-electron chi connectivity index (χ0n) is 9.26. The van der Waals surface area contributed by atoms with Crippen molar-refractivity contribution >= 4 is 17.3 Å². The smallest absolute Gasteiger partial charge is 0.276 e. The molecule has 17 heavy (non-hydrogen) atoms. The highest BCUT2D eigenvalue weighted by molar-refractivity contribution is 5.52. The molecule has 0 radical (unpaired) electrons. The first-order chi connectivity index (χ1) is 8.15. The fraction of sp³-hybridized carbons (Fsp3) is 0.500. The van der Waals surface area contributed by atoms with Gasteiger partial charge in [-0.1, -0.05) is 0 Å². The maximum Gasteiger partial charge on any atom is 0.276 e. The van der Waals surface area contributed by atoms with E-state index in [4.69, 9.17) is 10.5 Å². The highest BCUT2D eigenvalue weighted by Gasteiger charge is 2.16. The van der Waals surface area contributed by atoms with E-state index in [9.17, 15) is 10.1 Å². The van der Waals surface area contributed by atoms with Crippen LogP contribution in [0.25, 0.3) is 0 Å². The molecule has 0 bridgehead atoms. The van der Waals surface area contributed by atoms with Gasteiger partial charge in [0.05, 0.1) is 23.7 Å². The first kappa shape index (κ1) is 11.6. The van der Waals surface area contributed by atoms with E-state index in [0.717, 1.165) is 19.6 Å². The van der Waals surface area contributed by atoms with Crippen LogP contribution in [-0.2, 0) is 4.74 Å². The van der Waals surface area contributed by atoms with E-state index in [1.165, 1.54) is 12.1 Å². The number of pyridine rings is 1. The quantitative estimate of drug-likeness (QED) is 0.599. The molecule has 3 N–H and O–H groups in total. The number of nitrogens with two attached hydrogens (primary N) is 1. The maximum atomic E-state index is 10.6. The van der Waals surface area contributed by atoms with Crippen LogP contribution in [-0.4, -0.2) is 29.7 Å². The Balaban J connectivity index is 2.01. The molecule has 1 fully saturated rings. The fourth-order valence-electron chi connectivity index (χ4n) is 1.73. The third-order valence-corrected chi connectivity index (χ3v) is 2.64. The Bertz CT molecular complexity index is 418. The van der Waals surface area contributed by atoms with Crippen LogP contribution >= 0.6 is 0 Å². The standard InChI is InChI=1S/C10H14N4O3/c11-9-3-8(14(15)16)4-10(13-9)12-5-7-1-2-17-6-7/h3-4,7H,1-2,5-6H2,(H3,11,12,13). The van der Waals surface area contributed by atoms with Gasteiger partial charge < -0.3 is 15.8 Å². The number of ether oxygens (including phenoxy) is 1. The van der Waals surface area contributed by atoms with Crippen molar-refractivity contribution in [2.24, 2.45) is 5.92 Å². The van der Waals surface area contributed by atoms with E-state index in [1.807, 2.05) is 0 Å². The van der Waals surface area contributed by atoms with Gasteiger partial charge in [-0.25, -0.2) is 4.98 Å². The molecule has 0 aliphatic carbocycles. The van der Waals surface area contributed by atoms with E-state index in [2.05, 4.69) is 10.3 Å². The van der Waals surface area contributed by atoms with Crippen molar-refractivity contribution in [3.05, 3.63) is 22.2 Å². The molecule has 1 atom stereocenters. The number of nitro groups is 1. The van der Waals surface area contributed by atoms with Crippen LogP contribution in [0.3, 0.4) is 0 Å². The van der Waals surface area contributed by atoms with Crippen molar-refractivity contribution in [3.8, 4) is 0 Å². The van der Waals surface area contributed by atoms with Crippen LogP contribution in [0.1, 0.15) is 6.42 Å². The van der Waals surface area contributed by atoms with Gasteiger partial charge in [0.25, 0.3) is 5.69 Å². The Kier molecular flexibility index (Phi) is 3.38. The molecular formula is C10H14N4O3. The summed E-state index contributed by atoms with van der Waals surface area (Å²) in [5.74, 6) is 1.00. The largest absolute Gasteiger partial charge is 0.383 e. The monoisotopic (exact) mass is 238 g/mol. The lowest BCUT2D eigenvalue weighted by Crippen LogP contribution is -2.15. The number of hydrogen-bond donors (Lipinski definition) is 2. The van der Waals surface area contributed by atoms with E-state index in [-0.39, 0.29) is 11.5 Å². The van der Waals surface area contributed by atoms with Crippen LogP contribution < -0.4 is 11.1 Å². The SMILES string of the molecule is Nc1cc([N+](=O)[O-])cc(NCC2CCOC2)n1. The molecule has 0 spiro atoms. The molecule has 1 saturated heterocycles. The molecule has 0 amide bonds. The number of nitrogens with zero attached hydrogens (tertiary/aromatic N) is 2. The predicted octanol–water partition coefficient (Wildman–Crippen LogP) is 1.02. The van der Waals surface area contributed by atoms with Gasteiger partial charge in [-0.2, -0.15) is 0 Å². The second-order valence-electron chi connectivity index (χ2n) is 4.00. The second-order valence-corrected chi connectivity index (χ2v) is 4.00. The molecule has 1 unspecified atom stereocenters. The normalized spacial score (nSPS) is 19.2. The van der Waals surface area contributed by atoms with E-state index < -0.39 is 4.92 Å². The first-order valence-electron chi connectivity index (χ1n) is 5.38. The van der Waals surface area contributed by atoms with E-state index in [1.54, 1.807) is 0 Å². The van der Waals surface area contributed by atoms with Crippen molar-refractivity contribution in [2.75, 3.05) is 30.8 Å². The molecular weight excluding hydrogens is 224 g/mol. The van der Waals surface area contributed by atoms with Gasteiger partial charge in [0, 0.05) is 19.1 Å². The van der Waals surface area contributed by atoms with Crippen LogP contribution in [0.5, 0.6) is 0 Å². The molecule has 1 aromatic heterocycles. The highest BCUT2D eigenvalue weighted by Crippen LogP contribution is 2.20. The fourth-order valence-corrected chi connectivity index (χ4v) is 1.73. The minimum absolute atomic E-state index is 0.0531. The lowest BCUT2D eigenvalue weighted by Gasteiger charge is -2.10. The maximum absolute atomic E-state index is 10.6. The Labute approximate surface area is 98.1 Å². The summed E-state index contributed by atoms with van der Waals surface area (Å²) in [6.45, 7) is 2.18. The molecule has 2 heterocycles. The highest BCUT2D eigenvalue weighted by atomic mass is 16.6. The summed E-state index contributed by atoms with van der Waals surface area (Å²) in [5, 5.41) is 13.7. The van der Waals surface area contributed by atoms with Crippen LogP contribution in [0.2, 0.25) is 0 Å². The number of aromatic nitrogens is 1. The molecule has 1 aliphatic heterocycles. The van der Waals surface area contributed by atoms with Gasteiger partial charge in [-0.3, -0.25) is 10.1 Å². The molecule has 0 saturated carbocycles. The molecule has 1 aliphatic rings. The minimum atomic E-state index is -0.484. The Morgan fingerprint density at radius 3 is 3.12 bits per heavy atom. The first-order valence-corrected chi connectivity index (χ1v) is 5.38. The Hall–Kier alpha value is -1.89. The number of anilines is 2. The van der Waals surface area contributed by atoms with Crippen LogP contribution in [0, 0.1) is 16.0 Å². The third-order valence-electron chi connectivity index (χ3n) is 2.64. The average Bonchev–Trinajstić information content (AvgIpc) is 2.78. The number of rotatable bonds is 4. The van der Waals surface area contributed by atoms with Crippen molar-refractivity contribution in [1.29, 1.82) is 0 Å². The molecule has 0 aromatic carbocycles. The van der Waals surface area contributed by atoms with Crippen LogP contribution in [0.15, 0.2) is 12.1 Å². The third kappa shape index (κ3) is 3.04. The Morgan fingerprint density at radius 1 is 1.65 bits per heavy atom. The van der Waals surface area contributed by atoms with Gasteiger partial charge in [0.1, 0.15) is 11.6 Å². The average molecular weight is 238 g/mol. The van der Waals surface area contributed by atoms with Gasteiger partial charge >= 0.3 is 0 Å². The van der Waals surface area contributed by atoms with Gasteiger partial charge in [-0.05, 0) is 6.42 Å². The van der Waals surface area contributed by atoms with Crippen LogP contribution in [0.4, 0.5) is 17.3 Å². The Morgan fingerprint density at radius 2 is 2.47 bits per heavy atom. The topological polar surface area (TPSA) is 103 Å². The molecule has 7 heteroatoms. The molecule has 92 valence electrons. The summed E-state index contributed by atoms with van der Waals surface area (Å²) in [6, 6.07) is 2.62. The van der Waals surface area contributed by atoms with Crippen molar-refractivity contribution in [2.45, 2.75) is 6.42 Å². The zero-order chi connectivity index (χ0) is 12.3. The summed E-state index contributed by atoms with van der Waals surface area (Å²) < 4.78 is 5.24. The lowest BCUT2D eigenvalue weighted by atomic mass is 10.1. The molecule has 7 nitrogen and oxygen atoms in total. The van der Waals surface area contributed by atoms with Crippen molar-refractivity contribution in [1.82, 2.24) is 4.98 Å². The van der Waals surface area contributed by atoms with Crippen molar-refractivity contribution < 1.29 is 9.66 Å². The van der Waals surface area contributed by atoms with E-state index >= 15 is 0 Å². The lowest BCUT2D eigenvalue weighted by molar-refractivity contribution is -0.384. The number of nitrogen functional groups attached to an aromatic ring is 1. The zero-order valence-corrected chi connectivity index (χ0v) is 9.26. The van der Waals surface area contributed by atoms with Gasteiger partial charge in [0.2, 0.25) is 0 Å². The minimum Gasteiger partial charge on any atom is -0.383 e. The summed E-state index contributed by atoms with van der Waals surface area (Å²) in [6.07, 6.45) is 0.997. The summed E-state index contributed by atoms with van der Waals surface area (Å²) in [5.41, 5.74) is 5.45. The summed E-state index contributed by atoms with van der Waals surface area (Å²) >= 11 is 0. The van der Waals surface area contributed by atoms with Gasteiger partial charge in [0.15, 0.2) is 0 Å². The second kappa shape index (κ2) is 4.96. The summed E-state index contributed by atoms with van der Waals surface area (Å²) in [7, 11) is 0. The van der Waals surface area contributed by atoms with Gasteiger partial charge in [-0.15, -0.1) is 0 Å². The van der Waals surface area contributed by atoms with Crippen molar-refractivity contribution in [3.63, 3.8) is 0 Å². The number of hydrogen-bond acceptors (Lipinski definition) is 6.